The molecule has 0 aliphatic heterocycles. The maximum Gasteiger partial charge on any atom is 0.387 e. The van der Waals surface area contributed by atoms with Gasteiger partial charge in [-0.3, -0.25) is 0 Å². The van der Waals surface area contributed by atoms with Gasteiger partial charge in [-0.2, -0.15) is 8.78 Å². The van der Waals surface area contributed by atoms with E-state index in [1.54, 1.807) is 12.1 Å². The van der Waals surface area contributed by atoms with Crippen molar-refractivity contribution in [1.29, 1.82) is 0 Å². The maximum atomic E-state index is 12.1. The monoisotopic (exact) mass is 283 g/mol. The summed E-state index contributed by atoms with van der Waals surface area (Å²) in [7, 11) is 0. The molecule has 4 heteroatoms. The molecule has 2 nitrogen and oxygen atoms in total. The van der Waals surface area contributed by atoms with Gasteiger partial charge in [-0.05, 0) is 36.5 Å². The molecule has 1 aromatic carbocycles. The molecule has 1 aliphatic rings. The van der Waals surface area contributed by atoms with Gasteiger partial charge in [-0.1, -0.05) is 38.3 Å². The summed E-state index contributed by atoms with van der Waals surface area (Å²) in [5.74, 6) is 0.984. The molecule has 112 valence electrons. The number of alkyl halides is 2. The smallest absolute Gasteiger partial charge is 0.387 e. The van der Waals surface area contributed by atoms with Crippen LogP contribution in [-0.4, -0.2) is 12.7 Å². The second-order valence-corrected chi connectivity index (χ2v) is 5.46. The van der Waals surface area contributed by atoms with Gasteiger partial charge in [0.15, 0.2) is 0 Å². The van der Waals surface area contributed by atoms with Crippen molar-refractivity contribution in [2.45, 2.75) is 58.2 Å². The van der Waals surface area contributed by atoms with Gasteiger partial charge in [0.05, 0.1) is 0 Å². The largest absolute Gasteiger partial charge is 0.435 e. The van der Waals surface area contributed by atoms with Crippen LogP contribution in [0.1, 0.15) is 44.6 Å². The standard InChI is InChI=1S/C16H23F2NO/c1-2-13-5-3-4-6-15(13)19-11-12-7-9-14(10-8-12)20-16(17)18/h7-10,13,15-16,19H,2-6,11H2,1H3. The lowest BCUT2D eigenvalue weighted by molar-refractivity contribution is -0.0498. The first-order valence-corrected chi connectivity index (χ1v) is 7.46. The maximum absolute atomic E-state index is 12.1. The minimum Gasteiger partial charge on any atom is -0.435 e. The molecular formula is C16H23F2NO. The Hall–Kier alpha value is -1.16. The predicted molar refractivity (Wildman–Crippen MR) is 76.0 cm³/mol. The number of ether oxygens (including phenoxy) is 1. The summed E-state index contributed by atoms with van der Waals surface area (Å²) in [6.45, 7) is 0.281. The van der Waals surface area contributed by atoms with Crippen LogP contribution < -0.4 is 10.1 Å². The molecule has 0 aromatic heterocycles. The van der Waals surface area contributed by atoms with Gasteiger partial charge in [0.25, 0.3) is 0 Å². The van der Waals surface area contributed by atoms with Gasteiger partial charge < -0.3 is 10.1 Å². The molecule has 20 heavy (non-hydrogen) atoms. The Morgan fingerprint density at radius 1 is 1.20 bits per heavy atom. The molecule has 0 radical (unpaired) electrons. The Labute approximate surface area is 119 Å². The van der Waals surface area contributed by atoms with Gasteiger partial charge in [0.2, 0.25) is 0 Å². The van der Waals surface area contributed by atoms with Crippen molar-refractivity contribution < 1.29 is 13.5 Å². The summed E-state index contributed by atoms with van der Waals surface area (Å²) in [6.07, 6.45) is 6.42. The van der Waals surface area contributed by atoms with Crippen LogP contribution in [0.25, 0.3) is 0 Å². The highest BCUT2D eigenvalue weighted by molar-refractivity contribution is 5.27. The van der Waals surface area contributed by atoms with Crippen LogP contribution in [0.2, 0.25) is 0 Å². The third-order valence-electron chi connectivity index (χ3n) is 4.15. The molecule has 1 aliphatic carbocycles. The zero-order valence-corrected chi connectivity index (χ0v) is 11.9. The molecule has 2 atom stereocenters. The Morgan fingerprint density at radius 2 is 1.90 bits per heavy atom. The van der Waals surface area contributed by atoms with Gasteiger partial charge in [0.1, 0.15) is 5.75 Å². The molecule has 1 aromatic rings. The first-order chi connectivity index (χ1) is 9.69. The quantitative estimate of drug-likeness (QED) is 0.838. The Morgan fingerprint density at radius 3 is 2.55 bits per heavy atom. The summed E-state index contributed by atoms with van der Waals surface area (Å²) >= 11 is 0. The third kappa shape index (κ3) is 4.44. The Kier molecular flexibility index (Phi) is 5.77. The van der Waals surface area contributed by atoms with Crippen LogP contribution in [0.4, 0.5) is 8.78 Å². The summed E-state index contributed by atoms with van der Waals surface area (Å²) in [5.41, 5.74) is 1.10. The summed E-state index contributed by atoms with van der Waals surface area (Å²) in [5, 5.41) is 3.61. The number of rotatable bonds is 6. The lowest BCUT2D eigenvalue weighted by atomic mass is 9.83. The summed E-state index contributed by atoms with van der Waals surface area (Å²) < 4.78 is 28.5. The highest BCUT2D eigenvalue weighted by Gasteiger charge is 2.22. The average molecular weight is 283 g/mol. The van der Waals surface area contributed by atoms with Gasteiger partial charge >= 0.3 is 6.61 Å². The Balaban J connectivity index is 1.83. The van der Waals surface area contributed by atoms with Crippen LogP contribution in [-0.2, 0) is 6.54 Å². The normalized spacial score (nSPS) is 23.0. The van der Waals surface area contributed by atoms with Crippen LogP contribution in [0.15, 0.2) is 24.3 Å². The van der Waals surface area contributed by atoms with Crippen LogP contribution >= 0.6 is 0 Å². The first kappa shape index (κ1) is 15.2. The fourth-order valence-corrected chi connectivity index (χ4v) is 3.00. The van der Waals surface area contributed by atoms with Crippen molar-refractivity contribution in [2.75, 3.05) is 0 Å². The number of nitrogens with one attached hydrogen (secondary N) is 1. The van der Waals surface area contributed by atoms with Crippen LogP contribution in [0.5, 0.6) is 5.75 Å². The van der Waals surface area contributed by atoms with Gasteiger partial charge in [0, 0.05) is 12.6 Å². The van der Waals surface area contributed by atoms with E-state index in [1.165, 1.54) is 32.1 Å². The molecule has 1 saturated carbocycles. The molecule has 2 rings (SSSR count). The average Bonchev–Trinajstić information content (AvgIpc) is 2.46. The van der Waals surface area contributed by atoms with E-state index >= 15 is 0 Å². The van der Waals surface area contributed by atoms with Crippen molar-refractivity contribution >= 4 is 0 Å². The lowest BCUT2D eigenvalue weighted by Gasteiger charge is -2.31. The van der Waals surface area contributed by atoms with E-state index < -0.39 is 6.61 Å². The van der Waals surface area contributed by atoms with E-state index in [-0.39, 0.29) is 5.75 Å². The molecule has 0 bridgehead atoms. The molecule has 1 fully saturated rings. The number of halogens is 2. The van der Waals surface area contributed by atoms with E-state index in [0.29, 0.717) is 6.04 Å². The van der Waals surface area contributed by atoms with E-state index in [4.69, 9.17) is 0 Å². The topological polar surface area (TPSA) is 21.3 Å². The van der Waals surface area contributed by atoms with E-state index in [1.807, 2.05) is 12.1 Å². The molecule has 0 saturated heterocycles. The van der Waals surface area contributed by atoms with E-state index in [0.717, 1.165) is 18.0 Å². The summed E-state index contributed by atoms with van der Waals surface area (Å²) in [4.78, 5) is 0. The number of hydrogen-bond acceptors (Lipinski definition) is 2. The fourth-order valence-electron chi connectivity index (χ4n) is 3.00. The fraction of sp³-hybridized carbons (Fsp3) is 0.625. The number of hydrogen-bond donors (Lipinski definition) is 1. The highest BCUT2D eigenvalue weighted by atomic mass is 19.3. The SMILES string of the molecule is CCC1CCCCC1NCc1ccc(OC(F)F)cc1. The molecule has 1 N–H and O–H groups in total. The highest BCUT2D eigenvalue weighted by Crippen LogP contribution is 2.27. The van der Waals surface area contributed by atoms with Crippen molar-refractivity contribution in [1.82, 2.24) is 5.32 Å². The molecule has 2 unspecified atom stereocenters. The van der Waals surface area contributed by atoms with Crippen LogP contribution in [0, 0.1) is 5.92 Å². The lowest BCUT2D eigenvalue weighted by Crippen LogP contribution is -2.37. The molecule has 0 spiro atoms. The molecular weight excluding hydrogens is 260 g/mol. The third-order valence-corrected chi connectivity index (χ3v) is 4.15. The molecule has 0 amide bonds. The summed E-state index contributed by atoms with van der Waals surface area (Å²) in [6, 6.07) is 7.47. The van der Waals surface area contributed by atoms with Crippen molar-refractivity contribution in [2.24, 2.45) is 5.92 Å². The first-order valence-electron chi connectivity index (χ1n) is 7.46. The van der Waals surface area contributed by atoms with Crippen molar-refractivity contribution in [3.05, 3.63) is 29.8 Å². The number of benzene rings is 1. The predicted octanol–water partition coefficient (Wildman–Crippen LogP) is 4.35. The van der Waals surface area contributed by atoms with Crippen molar-refractivity contribution in [3.63, 3.8) is 0 Å². The zero-order chi connectivity index (χ0) is 14.4. The zero-order valence-electron chi connectivity index (χ0n) is 11.9. The minimum atomic E-state index is -2.76. The van der Waals surface area contributed by atoms with Crippen molar-refractivity contribution in [3.8, 4) is 5.75 Å². The van der Waals surface area contributed by atoms with Crippen LogP contribution in [0.3, 0.4) is 0 Å². The van der Waals surface area contributed by atoms with E-state index in [9.17, 15) is 8.78 Å². The minimum absolute atomic E-state index is 0.216. The Bertz CT molecular complexity index is 394. The van der Waals surface area contributed by atoms with Gasteiger partial charge in [-0.15, -0.1) is 0 Å². The van der Waals surface area contributed by atoms with E-state index in [2.05, 4.69) is 17.0 Å². The van der Waals surface area contributed by atoms with Gasteiger partial charge in [-0.25, -0.2) is 0 Å². The second-order valence-electron chi connectivity index (χ2n) is 5.46. The second kappa shape index (κ2) is 7.58. The molecule has 0 heterocycles.